The molecule has 0 saturated carbocycles. The Bertz CT molecular complexity index is 389. The zero-order valence-corrected chi connectivity index (χ0v) is 9.66. The van der Waals surface area contributed by atoms with Crippen LogP contribution < -0.4 is 5.32 Å². The number of benzene rings is 1. The van der Waals surface area contributed by atoms with Crippen molar-refractivity contribution in [1.29, 1.82) is 5.26 Å². The van der Waals surface area contributed by atoms with E-state index in [4.69, 9.17) is 5.26 Å². The average Bonchev–Trinajstić information content (AvgIpc) is 2.21. The lowest BCUT2D eigenvalue weighted by Gasteiger charge is -2.10. The van der Waals surface area contributed by atoms with Gasteiger partial charge in [0.2, 0.25) is 5.91 Å². The Kier molecular flexibility index (Phi) is 4.53. The molecule has 1 aromatic carbocycles. The second kappa shape index (κ2) is 5.92. The van der Waals surface area contributed by atoms with Gasteiger partial charge in [0.1, 0.15) is 0 Å². The molecule has 1 atom stereocenters. The Hall–Kier alpha value is -1.82. The summed E-state index contributed by atoms with van der Waals surface area (Å²) in [6, 6.07) is 9.82. The first-order valence-electron chi connectivity index (χ1n) is 5.33. The predicted octanol–water partition coefficient (Wildman–Crippen LogP) is 1.96. The number of nitrogens with one attached hydrogen (secondary N) is 1. The van der Waals surface area contributed by atoms with Gasteiger partial charge in [0.15, 0.2) is 0 Å². The van der Waals surface area contributed by atoms with E-state index >= 15 is 0 Å². The molecule has 1 aromatic rings. The largest absolute Gasteiger partial charge is 0.352 e. The molecule has 1 N–H and O–H groups in total. The molecule has 16 heavy (non-hydrogen) atoms. The molecule has 1 unspecified atom stereocenters. The number of amides is 1. The minimum atomic E-state index is -0.0806. The molecular weight excluding hydrogens is 200 g/mol. The minimum absolute atomic E-state index is 0.0356. The predicted molar refractivity (Wildman–Crippen MR) is 62.7 cm³/mol. The fourth-order valence-corrected chi connectivity index (χ4v) is 1.41. The highest BCUT2D eigenvalue weighted by Gasteiger charge is 2.07. The first kappa shape index (κ1) is 12.3. The number of rotatable bonds is 4. The fourth-order valence-electron chi connectivity index (χ4n) is 1.41. The summed E-state index contributed by atoms with van der Waals surface area (Å²) in [7, 11) is 0. The van der Waals surface area contributed by atoms with Gasteiger partial charge in [-0.3, -0.25) is 4.79 Å². The summed E-state index contributed by atoms with van der Waals surface area (Å²) in [5.41, 5.74) is 2.18. The number of aryl methyl sites for hydroxylation is 1. The molecule has 3 heteroatoms. The monoisotopic (exact) mass is 216 g/mol. The quantitative estimate of drug-likeness (QED) is 0.836. The zero-order valence-electron chi connectivity index (χ0n) is 9.66. The van der Waals surface area contributed by atoms with Gasteiger partial charge in [-0.25, -0.2) is 0 Å². The van der Waals surface area contributed by atoms with Gasteiger partial charge in [-0.2, -0.15) is 5.26 Å². The molecule has 0 aliphatic carbocycles. The number of hydrogen-bond donors (Lipinski definition) is 1. The number of carbonyl (C=O) groups excluding carboxylic acids is 1. The van der Waals surface area contributed by atoms with Gasteiger partial charge in [-0.15, -0.1) is 0 Å². The van der Waals surface area contributed by atoms with E-state index in [1.807, 2.05) is 44.2 Å². The maximum atomic E-state index is 11.6. The molecule has 0 bridgehead atoms. The van der Waals surface area contributed by atoms with Crippen LogP contribution in [-0.2, 0) is 11.2 Å². The van der Waals surface area contributed by atoms with E-state index in [9.17, 15) is 4.79 Å². The van der Waals surface area contributed by atoms with Crippen LogP contribution in [0.4, 0.5) is 0 Å². The van der Waals surface area contributed by atoms with E-state index in [1.165, 1.54) is 5.56 Å². The topological polar surface area (TPSA) is 52.9 Å². The first-order chi connectivity index (χ1) is 7.61. The van der Waals surface area contributed by atoms with Crippen LogP contribution in [0.5, 0.6) is 0 Å². The first-order valence-corrected chi connectivity index (χ1v) is 5.33. The number of nitriles is 1. The van der Waals surface area contributed by atoms with Crippen LogP contribution in [0.3, 0.4) is 0 Å². The molecule has 3 nitrogen and oxygen atoms in total. The van der Waals surface area contributed by atoms with Gasteiger partial charge < -0.3 is 5.32 Å². The van der Waals surface area contributed by atoms with E-state index in [-0.39, 0.29) is 11.9 Å². The lowest BCUT2D eigenvalue weighted by Crippen LogP contribution is -2.33. The molecule has 1 amide bonds. The second-order valence-corrected chi connectivity index (χ2v) is 3.99. The molecule has 0 radical (unpaired) electrons. The normalized spacial score (nSPS) is 11.6. The third-order valence-electron chi connectivity index (χ3n) is 2.29. The Balaban J connectivity index is 2.46. The molecule has 0 aromatic heterocycles. The smallest absolute Gasteiger partial charge is 0.224 e. The highest BCUT2D eigenvalue weighted by atomic mass is 16.1. The van der Waals surface area contributed by atoms with Crippen LogP contribution in [0.15, 0.2) is 24.3 Å². The van der Waals surface area contributed by atoms with Gasteiger partial charge in [-0.05, 0) is 19.4 Å². The van der Waals surface area contributed by atoms with Crippen molar-refractivity contribution in [3.63, 3.8) is 0 Å². The Labute approximate surface area is 96.1 Å². The Morgan fingerprint density at radius 2 is 2.06 bits per heavy atom. The van der Waals surface area contributed by atoms with E-state index in [2.05, 4.69) is 5.32 Å². The summed E-state index contributed by atoms with van der Waals surface area (Å²) < 4.78 is 0. The van der Waals surface area contributed by atoms with Crippen molar-refractivity contribution in [1.82, 2.24) is 5.32 Å². The zero-order chi connectivity index (χ0) is 12.0. The summed E-state index contributed by atoms with van der Waals surface area (Å²) in [5, 5.41) is 11.3. The number of nitrogens with zero attached hydrogens (tertiary/aromatic N) is 1. The van der Waals surface area contributed by atoms with Crippen molar-refractivity contribution in [2.75, 3.05) is 0 Å². The molecule has 0 heterocycles. The van der Waals surface area contributed by atoms with Crippen LogP contribution in [0.1, 0.15) is 24.5 Å². The van der Waals surface area contributed by atoms with Crippen LogP contribution in [0.25, 0.3) is 0 Å². The van der Waals surface area contributed by atoms with Gasteiger partial charge in [0, 0.05) is 6.04 Å². The summed E-state index contributed by atoms with van der Waals surface area (Å²) in [6.07, 6.45) is 0.718. The van der Waals surface area contributed by atoms with E-state index in [1.54, 1.807) is 0 Å². The van der Waals surface area contributed by atoms with Crippen molar-refractivity contribution < 1.29 is 4.79 Å². The van der Waals surface area contributed by atoms with Crippen molar-refractivity contribution in [2.45, 2.75) is 32.7 Å². The van der Waals surface area contributed by atoms with Gasteiger partial charge in [0.25, 0.3) is 0 Å². The number of hydrogen-bond acceptors (Lipinski definition) is 2. The van der Waals surface area contributed by atoms with Gasteiger partial charge in [-0.1, -0.05) is 29.8 Å². The second-order valence-electron chi connectivity index (χ2n) is 3.99. The van der Waals surface area contributed by atoms with Gasteiger partial charge >= 0.3 is 0 Å². The van der Waals surface area contributed by atoms with E-state index in [0.717, 1.165) is 5.56 Å². The maximum Gasteiger partial charge on any atom is 0.224 e. The van der Waals surface area contributed by atoms with E-state index < -0.39 is 0 Å². The van der Waals surface area contributed by atoms with Crippen molar-refractivity contribution >= 4 is 5.91 Å². The lowest BCUT2D eigenvalue weighted by molar-refractivity contribution is -0.121. The fraction of sp³-hybridized carbons (Fsp3) is 0.385. The van der Waals surface area contributed by atoms with Crippen molar-refractivity contribution in [3.05, 3.63) is 35.4 Å². The molecule has 0 aliphatic heterocycles. The Morgan fingerprint density at radius 1 is 1.44 bits per heavy atom. The average molecular weight is 216 g/mol. The summed E-state index contributed by atoms with van der Waals surface area (Å²) in [6.45, 7) is 3.84. The molecular formula is C13H16N2O. The molecule has 0 fully saturated rings. The SMILES string of the molecule is Cc1ccc(CC(=O)NC(C)CC#N)cc1. The molecule has 1 rings (SSSR count). The third kappa shape index (κ3) is 4.14. The standard InChI is InChI=1S/C13H16N2O/c1-10-3-5-12(6-4-10)9-13(16)15-11(2)7-8-14/h3-6,11H,7,9H2,1-2H3,(H,15,16). The van der Waals surface area contributed by atoms with Crippen LogP contribution in [0, 0.1) is 18.3 Å². The summed E-state index contributed by atoms with van der Waals surface area (Å²) in [4.78, 5) is 11.6. The highest BCUT2D eigenvalue weighted by Crippen LogP contribution is 2.04. The molecule has 0 aliphatic rings. The van der Waals surface area contributed by atoms with Crippen molar-refractivity contribution in [2.24, 2.45) is 0 Å². The molecule has 0 spiro atoms. The maximum absolute atomic E-state index is 11.6. The molecule has 0 saturated heterocycles. The molecule has 84 valence electrons. The summed E-state index contributed by atoms with van der Waals surface area (Å²) in [5.74, 6) is -0.0356. The summed E-state index contributed by atoms with van der Waals surface area (Å²) >= 11 is 0. The lowest BCUT2D eigenvalue weighted by atomic mass is 10.1. The van der Waals surface area contributed by atoms with Crippen LogP contribution in [0.2, 0.25) is 0 Å². The van der Waals surface area contributed by atoms with Crippen molar-refractivity contribution in [3.8, 4) is 6.07 Å². The minimum Gasteiger partial charge on any atom is -0.352 e. The Morgan fingerprint density at radius 3 is 2.62 bits per heavy atom. The van der Waals surface area contributed by atoms with Gasteiger partial charge in [0.05, 0.1) is 18.9 Å². The van der Waals surface area contributed by atoms with Crippen LogP contribution in [-0.4, -0.2) is 11.9 Å². The van der Waals surface area contributed by atoms with E-state index in [0.29, 0.717) is 12.8 Å². The van der Waals surface area contributed by atoms with Crippen LogP contribution >= 0.6 is 0 Å². The number of carbonyl (C=O) groups is 1. The highest BCUT2D eigenvalue weighted by molar-refractivity contribution is 5.78. The third-order valence-corrected chi connectivity index (χ3v) is 2.29.